The van der Waals surface area contributed by atoms with Crippen molar-refractivity contribution in [1.29, 1.82) is 0 Å². The molecule has 2 aromatic carbocycles. The van der Waals surface area contributed by atoms with Crippen molar-refractivity contribution in [2.45, 2.75) is 12.8 Å². The van der Waals surface area contributed by atoms with Gasteiger partial charge in [0.15, 0.2) is 5.65 Å². The highest BCUT2D eigenvalue weighted by Crippen LogP contribution is 2.38. The Morgan fingerprint density at radius 3 is 2.65 bits per heavy atom. The molecule has 0 radical (unpaired) electrons. The normalized spacial score (nSPS) is 12.2. The van der Waals surface area contributed by atoms with Crippen LogP contribution in [0.25, 0.3) is 39.1 Å². The smallest absolute Gasteiger partial charge is 0.289 e. The molecule has 5 aromatic rings. The van der Waals surface area contributed by atoms with Crippen LogP contribution in [0.3, 0.4) is 0 Å². The summed E-state index contributed by atoms with van der Waals surface area (Å²) in [5, 5.41) is 6.63. The lowest BCUT2D eigenvalue weighted by Gasteiger charge is -2.12. The molecule has 0 fully saturated rings. The highest BCUT2D eigenvalue weighted by Gasteiger charge is 2.34. The van der Waals surface area contributed by atoms with E-state index in [9.17, 15) is 13.2 Å². The van der Waals surface area contributed by atoms with E-state index in [2.05, 4.69) is 36.1 Å². The van der Waals surface area contributed by atoms with E-state index >= 15 is 4.39 Å². The summed E-state index contributed by atoms with van der Waals surface area (Å²) < 4.78 is 59.4. The molecule has 5 rings (SSSR count). The Labute approximate surface area is 180 Å². The highest BCUT2D eigenvalue weighted by atomic mass is 79.9. The predicted molar refractivity (Wildman–Crippen MR) is 111 cm³/mol. The fourth-order valence-electron chi connectivity index (χ4n) is 3.49. The van der Waals surface area contributed by atoms with Crippen LogP contribution in [0.4, 0.5) is 17.6 Å². The molecule has 0 bridgehead atoms. The maximum absolute atomic E-state index is 15.3. The molecule has 0 saturated heterocycles. The minimum Gasteiger partial charge on any atom is -0.296 e. The van der Waals surface area contributed by atoms with Gasteiger partial charge >= 0.3 is 0 Å². The van der Waals surface area contributed by atoms with Crippen molar-refractivity contribution in [3.63, 3.8) is 0 Å². The fraction of sp³-hybridized carbons (Fsp3) is 0.0952. The lowest BCUT2D eigenvalue weighted by atomic mass is 10.0. The van der Waals surface area contributed by atoms with Crippen molar-refractivity contribution in [3.8, 4) is 22.5 Å². The minimum atomic E-state index is -3.34. The highest BCUT2D eigenvalue weighted by molar-refractivity contribution is 9.10. The first-order valence-electron chi connectivity index (χ1n) is 9.08. The van der Waals surface area contributed by atoms with E-state index in [1.54, 1.807) is 6.07 Å². The van der Waals surface area contributed by atoms with E-state index in [1.807, 2.05) is 0 Å². The van der Waals surface area contributed by atoms with Crippen molar-refractivity contribution in [1.82, 2.24) is 24.6 Å². The number of H-pyrrole nitrogens is 1. The van der Waals surface area contributed by atoms with E-state index in [0.29, 0.717) is 23.7 Å². The third kappa shape index (κ3) is 3.18. The van der Waals surface area contributed by atoms with Gasteiger partial charge in [-0.15, -0.1) is 0 Å². The molecule has 3 heterocycles. The largest absolute Gasteiger partial charge is 0.296 e. The topological polar surface area (TPSA) is 58.9 Å². The fourth-order valence-corrected chi connectivity index (χ4v) is 3.87. The van der Waals surface area contributed by atoms with Gasteiger partial charge in [-0.1, -0.05) is 0 Å². The van der Waals surface area contributed by atoms with E-state index in [0.717, 1.165) is 0 Å². The molecule has 0 aliphatic carbocycles. The number of benzene rings is 2. The average molecular weight is 490 g/mol. The molecule has 0 aliphatic rings. The summed E-state index contributed by atoms with van der Waals surface area (Å²) in [5.74, 6) is -4.48. The van der Waals surface area contributed by atoms with Crippen LogP contribution >= 0.6 is 15.9 Å². The van der Waals surface area contributed by atoms with Crippen LogP contribution in [0.2, 0.25) is 0 Å². The SMILES string of the molecule is CC(F)(F)c1nc2cnc(-c3ccc(F)c(Br)c3)cn2c1-c1ccc2[nH]ncc2c1F. The van der Waals surface area contributed by atoms with Gasteiger partial charge in [-0.3, -0.25) is 14.5 Å². The van der Waals surface area contributed by atoms with Crippen LogP contribution < -0.4 is 0 Å². The third-order valence-electron chi connectivity index (χ3n) is 4.95. The van der Waals surface area contributed by atoms with E-state index in [1.165, 1.54) is 47.3 Å². The molecule has 5 nitrogen and oxygen atoms in total. The molecule has 0 amide bonds. The summed E-state index contributed by atoms with van der Waals surface area (Å²) in [6, 6.07) is 7.27. The lowest BCUT2D eigenvalue weighted by Crippen LogP contribution is -2.10. The monoisotopic (exact) mass is 489 g/mol. The molecule has 0 aliphatic heterocycles. The molecular weight excluding hydrogens is 478 g/mol. The predicted octanol–water partition coefficient (Wildman–Crippen LogP) is 6.09. The summed E-state index contributed by atoms with van der Waals surface area (Å²) in [5.41, 5.74) is 0.784. The van der Waals surface area contributed by atoms with Crippen LogP contribution in [0, 0.1) is 11.6 Å². The molecule has 0 spiro atoms. The molecule has 0 saturated carbocycles. The first-order valence-corrected chi connectivity index (χ1v) is 9.87. The number of nitrogens with zero attached hydrogens (tertiary/aromatic N) is 4. The summed E-state index contributed by atoms with van der Waals surface area (Å²) in [6.45, 7) is 0.706. The van der Waals surface area contributed by atoms with Crippen molar-refractivity contribution in [2.24, 2.45) is 0 Å². The van der Waals surface area contributed by atoms with Crippen LogP contribution in [-0.2, 0) is 5.92 Å². The maximum atomic E-state index is 15.3. The standard InChI is InChI=1S/C21H12BrF4N5/c1-21(25,26)20-19(11-3-5-15-12(18(11)24)7-28-30-15)31-9-16(27-8-17(31)29-20)10-2-4-14(23)13(22)6-10/h2-9H,1H3,(H,28,30). The number of imidazole rings is 1. The Morgan fingerprint density at radius 2 is 1.90 bits per heavy atom. The number of aromatic nitrogens is 5. The van der Waals surface area contributed by atoms with Gasteiger partial charge in [-0.2, -0.15) is 13.9 Å². The van der Waals surface area contributed by atoms with Crippen molar-refractivity contribution in [3.05, 3.63) is 70.7 Å². The van der Waals surface area contributed by atoms with Crippen LogP contribution in [0.5, 0.6) is 0 Å². The maximum Gasteiger partial charge on any atom is 0.289 e. The van der Waals surface area contributed by atoms with Crippen molar-refractivity contribution in [2.75, 3.05) is 0 Å². The zero-order valence-electron chi connectivity index (χ0n) is 15.8. The first-order chi connectivity index (χ1) is 14.7. The summed E-state index contributed by atoms with van der Waals surface area (Å²) in [4.78, 5) is 8.29. The quantitative estimate of drug-likeness (QED) is 0.312. The second-order valence-electron chi connectivity index (χ2n) is 7.09. The number of nitrogens with one attached hydrogen (secondary N) is 1. The van der Waals surface area contributed by atoms with Gasteiger partial charge in [0.05, 0.1) is 39.2 Å². The number of halogens is 5. The number of alkyl halides is 2. The van der Waals surface area contributed by atoms with Gasteiger partial charge in [0.25, 0.3) is 5.92 Å². The van der Waals surface area contributed by atoms with E-state index in [-0.39, 0.29) is 26.8 Å². The zero-order valence-corrected chi connectivity index (χ0v) is 17.4. The van der Waals surface area contributed by atoms with E-state index in [4.69, 9.17) is 0 Å². The van der Waals surface area contributed by atoms with Gasteiger partial charge in [0.2, 0.25) is 0 Å². The average Bonchev–Trinajstić information content (AvgIpc) is 3.35. The van der Waals surface area contributed by atoms with Crippen LogP contribution in [0.15, 0.2) is 53.4 Å². The molecule has 0 atom stereocenters. The van der Waals surface area contributed by atoms with Crippen molar-refractivity contribution < 1.29 is 17.6 Å². The Kier molecular flexibility index (Phi) is 4.37. The molecule has 10 heteroatoms. The van der Waals surface area contributed by atoms with Crippen LogP contribution in [-0.4, -0.2) is 24.6 Å². The third-order valence-corrected chi connectivity index (χ3v) is 5.56. The molecular formula is C21H12BrF4N5. The van der Waals surface area contributed by atoms with Gasteiger partial charge in [-0.05, 0) is 46.3 Å². The van der Waals surface area contributed by atoms with Gasteiger partial charge in [0.1, 0.15) is 17.3 Å². The Balaban J connectivity index is 1.82. The second kappa shape index (κ2) is 6.88. The summed E-state index contributed by atoms with van der Waals surface area (Å²) in [7, 11) is 0. The molecule has 3 aromatic heterocycles. The number of hydrogen-bond acceptors (Lipinski definition) is 3. The van der Waals surface area contributed by atoms with Gasteiger partial charge in [-0.25, -0.2) is 13.8 Å². The molecule has 1 N–H and O–H groups in total. The second-order valence-corrected chi connectivity index (χ2v) is 7.94. The van der Waals surface area contributed by atoms with Gasteiger partial charge in [0, 0.05) is 24.2 Å². The first kappa shape index (κ1) is 19.7. The molecule has 156 valence electrons. The lowest BCUT2D eigenvalue weighted by molar-refractivity contribution is 0.0139. The Bertz CT molecular complexity index is 1470. The van der Waals surface area contributed by atoms with Crippen LogP contribution in [0.1, 0.15) is 12.6 Å². The van der Waals surface area contributed by atoms with Gasteiger partial charge < -0.3 is 0 Å². The summed E-state index contributed by atoms with van der Waals surface area (Å²) >= 11 is 3.12. The number of hydrogen-bond donors (Lipinski definition) is 1. The molecule has 0 unspecified atom stereocenters. The number of fused-ring (bicyclic) bond motifs is 2. The Morgan fingerprint density at radius 1 is 1.10 bits per heavy atom. The zero-order chi connectivity index (χ0) is 21.9. The van der Waals surface area contributed by atoms with Crippen molar-refractivity contribution >= 4 is 32.5 Å². The Hall–Kier alpha value is -3.27. The number of rotatable bonds is 3. The van der Waals surface area contributed by atoms with E-state index < -0.39 is 23.3 Å². The molecule has 31 heavy (non-hydrogen) atoms. The summed E-state index contributed by atoms with van der Waals surface area (Å²) in [6.07, 6.45) is 4.09. The number of aromatic amines is 1. The minimum absolute atomic E-state index is 0.0460.